The van der Waals surface area contributed by atoms with Crippen molar-refractivity contribution in [2.45, 2.75) is 84.4 Å². The summed E-state index contributed by atoms with van der Waals surface area (Å²) in [5, 5.41) is 4.07. The number of rotatable bonds is 8. The van der Waals surface area contributed by atoms with Crippen LogP contribution in [-0.2, 0) is 30.6 Å². The maximum atomic E-state index is 14.4. The summed E-state index contributed by atoms with van der Waals surface area (Å²) in [6.45, 7) is 7.11. The van der Waals surface area contributed by atoms with E-state index in [4.69, 9.17) is 17.2 Å². The van der Waals surface area contributed by atoms with Gasteiger partial charge in [-0.2, -0.15) is 13.2 Å². The number of nitrogens with zero attached hydrogens (tertiary/aromatic N) is 2. The maximum absolute atomic E-state index is 14.4. The van der Waals surface area contributed by atoms with Gasteiger partial charge < -0.3 is 4.84 Å². The molecule has 0 amide bonds. The molecule has 190 valence electrons. The van der Waals surface area contributed by atoms with E-state index in [0.717, 1.165) is 50.2 Å². The molecule has 3 nitrogen and oxygen atoms in total. The van der Waals surface area contributed by atoms with Crippen LogP contribution >= 0.6 is 0 Å². The predicted octanol–water partition coefficient (Wildman–Crippen LogP) is 7.71. The van der Waals surface area contributed by atoms with Crippen LogP contribution in [0.2, 0.25) is 0 Å². The lowest BCUT2D eigenvalue weighted by molar-refractivity contribution is -0.138. The molecule has 6 heteroatoms. The highest BCUT2D eigenvalue weighted by Crippen LogP contribution is 2.42. The predicted molar refractivity (Wildman–Crippen MR) is 135 cm³/mol. The average Bonchev–Trinajstić information content (AvgIpc) is 2.89. The number of hydrogen-bond donors (Lipinski definition) is 0. The second kappa shape index (κ2) is 11.2. The van der Waals surface area contributed by atoms with Crippen molar-refractivity contribution in [3.8, 4) is 0 Å². The summed E-state index contributed by atoms with van der Waals surface area (Å²) in [5.74, 6) is -5.49. The molecule has 1 aliphatic carbocycles. The molecule has 0 N–H and O–H groups in total. The lowest BCUT2D eigenvalue weighted by atomic mass is 9.78. The lowest BCUT2D eigenvalue weighted by Gasteiger charge is -2.31. The molecule has 1 heterocycles. The van der Waals surface area contributed by atoms with Gasteiger partial charge in [-0.05, 0) is 97.4 Å². The second-order valence-electron chi connectivity index (χ2n) is 8.93. The Morgan fingerprint density at radius 3 is 2.49 bits per heavy atom. The van der Waals surface area contributed by atoms with Gasteiger partial charge >= 0.3 is 6.18 Å². The number of hydrogen-bond acceptors (Lipinski definition) is 3. The molecule has 1 saturated carbocycles. The topological polar surface area (TPSA) is 24.8 Å². The van der Waals surface area contributed by atoms with Crippen molar-refractivity contribution in [3.05, 3.63) is 69.8 Å². The van der Waals surface area contributed by atoms with E-state index in [9.17, 15) is 13.2 Å². The molecule has 0 spiro atoms. The summed E-state index contributed by atoms with van der Waals surface area (Å²) in [6.07, 6.45) is -16.6. The van der Waals surface area contributed by atoms with Crippen LogP contribution in [0.15, 0.2) is 41.6 Å². The highest BCUT2D eigenvalue weighted by molar-refractivity contribution is 5.98. The summed E-state index contributed by atoms with van der Waals surface area (Å²) in [4.78, 5) is 7.73. The number of aryl methyl sites for hydroxylation is 1. The molecule has 2 aromatic carbocycles. The van der Waals surface area contributed by atoms with E-state index in [2.05, 4.69) is 17.0 Å². The first-order valence-electron chi connectivity index (χ1n) is 16.3. The van der Waals surface area contributed by atoms with Crippen LogP contribution in [0.4, 0.5) is 13.2 Å². The van der Waals surface area contributed by atoms with Crippen molar-refractivity contribution >= 4 is 5.71 Å². The molecule has 0 atom stereocenters. The van der Waals surface area contributed by atoms with Gasteiger partial charge in [0.15, 0.2) is 0 Å². The van der Waals surface area contributed by atoms with Gasteiger partial charge in [0, 0.05) is 18.9 Å². The smallest absolute Gasteiger partial charge is 0.391 e. The van der Waals surface area contributed by atoms with Crippen LogP contribution in [0, 0.1) is 5.89 Å². The fourth-order valence-corrected chi connectivity index (χ4v) is 4.15. The summed E-state index contributed by atoms with van der Waals surface area (Å²) < 4.78 is 118. The maximum Gasteiger partial charge on any atom is 0.416 e. The zero-order chi connectivity index (χ0) is 33.1. The minimum atomic E-state index is -5.12. The van der Waals surface area contributed by atoms with Gasteiger partial charge in [0.25, 0.3) is 0 Å². The summed E-state index contributed by atoms with van der Waals surface area (Å²) >= 11 is 0. The van der Waals surface area contributed by atoms with Crippen molar-refractivity contribution in [2.75, 3.05) is 13.1 Å². The Morgan fingerprint density at radius 2 is 1.86 bits per heavy atom. The molecule has 4 rings (SSSR count). The van der Waals surface area contributed by atoms with E-state index in [0.29, 0.717) is 11.8 Å². The third-order valence-corrected chi connectivity index (χ3v) is 6.32. The molecule has 0 aromatic heterocycles. The summed E-state index contributed by atoms with van der Waals surface area (Å²) in [6, 6.07) is 8.63. The normalized spacial score (nSPS) is 33.3. The van der Waals surface area contributed by atoms with Gasteiger partial charge in [-0.25, -0.2) is 0 Å². The Kier molecular flexibility index (Phi) is 5.23. The third kappa shape index (κ3) is 6.46. The summed E-state index contributed by atoms with van der Waals surface area (Å²) in [7, 11) is 0. The standard InChI is InChI=1S/C29H37F3N2O/c1-4-23-17-25(11-12-26(23)18-34-14-5-15-34)21(3)33-35-19-22-8-13-27(28(16-22)29(30,31)32)24-9-6-20(2)7-10-24/h8,11-13,16-17,20,24H,4-7,9-10,14-15,18-19H2,1-3H3/b33-21+/i6D2,7D2,9D2,10D2,20D. The zero-order valence-electron chi connectivity index (χ0n) is 29.2. The number of benzene rings is 2. The molecule has 2 aliphatic rings. The largest absolute Gasteiger partial charge is 0.416 e. The van der Waals surface area contributed by atoms with Crippen LogP contribution in [0.5, 0.6) is 0 Å². The third-order valence-electron chi connectivity index (χ3n) is 6.32. The lowest BCUT2D eigenvalue weighted by Crippen LogP contribution is -2.36. The molecule has 1 aliphatic heterocycles. The van der Waals surface area contributed by atoms with E-state index in [1.165, 1.54) is 18.1 Å². The molecule has 1 saturated heterocycles. The monoisotopic (exact) mass is 495 g/mol. The van der Waals surface area contributed by atoms with Crippen LogP contribution in [0.25, 0.3) is 0 Å². The van der Waals surface area contributed by atoms with Crippen LogP contribution < -0.4 is 0 Å². The molecular weight excluding hydrogens is 449 g/mol. The molecule has 2 aromatic rings. The molecule has 0 radical (unpaired) electrons. The van der Waals surface area contributed by atoms with Crippen molar-refractivity contribution in [1.82, 2.24) is 4.90 Å². The molecule has 0 unspecified atom stereocenters. The first kappa shape index (κ1) is 16.4. The molecular formula is C29H37F3N2O. The van der Waals surface area contributed by atoms with Gasteiger partial charge in [0.1, 0.15) is 6.61 Å². The van der Waals surface area contributed by atoms with Gasteiger partial charge in [0.2, 0.25) is 0 Å². The van der Waals surface area contributed by atoms with Crippen LogP contribution in [0.3, 0.4) is 0 Å². The Hall–Kier alpha value is -2.34. The van der Waals surface area contributed by atoms with Gasteiger partial charge in [0.05, 0.1) is 11.3 Å². The number of alkyl halides is 3. The quantitative estimate of drug-likeness (QED) is 0.277. The van der Waals surface area contributed by atoms with E-state index < -0.39 is 61.2 Å². The minimum absolute atomic E-state index is 0.00921. The van der Waals surface area contributed by atoms with Gasteiger partial charge in [-0.15, -0.1) is 0 Å². The highest BCUT2D eigenvalue weighted by Gasteiger charge is 2.36. The van der Waals surface area contributed by atoms with Gasteiger partial charge in [-0.3, -0.25) is 4.90 Å². The number of halogens is 3. The SMILES string of the molecule is [2H]C1([2H])C(c2ccc(CO/N=C(\C)c3ccc(CN4CCC4)c(CC)c3)cc2C(F)(F)F)C([2H])([2H])C([2H])([2H])C([2H])(C)C1([2H])[2H]. The fourth-order valence-electron chi connectivity index (χ4n) is 4.15. The Labute approximate surface area is 220 Å². The average molecular weight is 496 g/mol. The molecule has 35 heavy (non-hydrogen) atoms. The van der Waals surface area contributed by atoms with Crippen molar-refractivity contribution in [1.29, 1.82) is 0 Å². The first-order chi connectivity index (χ1) is 20.1. The highest BCUT2D eigenvalue weighted by atomic mass is 19.4. The van der Waals surface area contributed by atoms with E-state index in [-0.39, 0.29) is 5.56 Å². The van der Waals surface area contributed by atoms with Crippen LogP contribution in [0.1, 0.15) is 104 Å². The van der Waals surface area contributed by atoms with E-state index >= 15 is 0 Å². The molecule has 0 bridgehead atoms. The number of oxime groups is 1. The zero-order valence-corrected chi connectivity index (χ0v) is 20.2. The first-order valence-corrected chi connectivity index (χ1v) is 11.8. The Morgan fingerprint density at radius 1 is 1.11 bits per heavy atom. The van der Waals surface area contributed by atoms with Crippen molar-refractivity contribution in [3.63, 3.8) is 0 Å². The van der Waals surface area contributed by atoms with E-state index in [1.807, 2.05) is 18.2 Å². The van der Waals surface area contributed by atoms with E-state index in [1.54, 1.807) is 6.92 Å². The number of likely N-dealkylation sites (tertiary alicyclic amines) is 1. The van der Waals surface area contributed by atoms with Crippen molar-refractivity contribution < 1.29 is 30.3 Å². The Bertz CT molecular complexity index is 1390. The Balaban J connectivity index is 1.63. The minimum Gasteiger partial charge on any atom is -0.391 e. The van der Waals surface area contributed by atoms with Crippen LogP contribution in [-0.4, -0.2) is 23.7 Å². The second-order valence-corrected chi connectivity index (χ2v) is 8.93. The van der Waals surface area contributed by atoms with Crippen molar-refractivity contribution in [2.24, 2.45) is 11.0 Å². The van der Waals surface area contributed by atoms with Gasteiger partial charge in [-0.1, -0.05) is 56.0 Å². The summed E-state index contributed by atoms with van der Waals surface area (Å²) in [5.41, 5.74) is 1.31. The fraction of sp³-hybridized carbons (Fsp3) is 0.552. The molecule has 2 fully saturated rings.